The monoisotopic (exact) mass is 507 g/mol. The highest BCUT2D eigenvalue weighted by molar-refractivity contribution is 5.95. The van der Waals surface area contributed by atoms with Crippen LogP contribution in [0.25, 0.3) is 0 Å². The zero-order chi connectivity index (χ0) is 27.4. The van der Waals surface area contributed by atoms with E-state index in [-0.39, 0.29) is 25.2 Å². The van der Waals surface area contributed by atoms with Crippen LogP contribution in [0.2, 0.25) is 0 Å². The second kappa shape index (κ2) is 14.4. The summed E-state index contributed by atoms with van der Waals surface area (Å²) in [4.78, 5) is 72.1. The largest absolute Gasteiger partial charge is 0.481 e. The Hall–Kier alpha value is -4.00. The van der Waals surface area contributed by atoms with E-state index in [1.807, 2.05) is 0 Å². The molecule has 0 saturated carbocycles. The molecule has 4 amide bonds. The van der Waals surface area contributed by atoms with Crippen molar-refractivity contribution < 1.29 is 39.0 Å². The lowest BCUT2D eigenvalue weighted by Gasteiger charge is -2.25. The van der Waals surface area contributed by atoms with Crippen LogP contribution in [0.5, 0.6) is 0 Å². The van der Waals surface area contributed by atoms with Gasteiger partial charge < -0.3 is 37.6 Å². The van der Waals surface area contributed by atoms with Crippen molar-refractivity contribution in [1.82, 2.24) is 16.0 Å². The molecule has 0 radical (unpaired) electrons. The average molecular weight is 508 g/mol. The van der Waals surface area contributed by atoms with E-state index in [1.54, 1.807) is 44.2 Å². The van der Waals surface area contributed by atoms with Crippen LogP contribution in [0.1, 0.15) is 38.7 Å². The molecule has 1 aromatic rings. The molecule has 0 aliphatic heterocycles. The Labute approximate surface area is 208 Å². The highest BCUT2D eigenvalue weighted by Gasteiger charge is 2.31. The van der Waals surface area contributed by atoms with Gasteiger partial charge in [0, 0.05) is 12.8 Å². The SMILES string of the molecule is CC(C)C(N)C(=O)NC(CCC(N)=O)C(=O)NC(Cc1ccccc1)C(=O)NC(CC(=O)O)C(=O)O. The van der Waals surface area contributed by atoms with Crippen LogP contribution in [0.15, 0.2) is 30.3 Å². The van der Waals surface area contributed by atoms with E-state index in [2.05, 4.69) is 16.0 Å². The quantitative estimate of drug-likeness (QED) is 0.146. The molecule has 0 bridgehead atoms. The van der Waals surface area contributed by atoms with Gasteiger partial charge >= 0.3 is 11.9 Å². The summed E-state index contributed by atoms with van der Waals surface area (Å²) in [7, 11) is 0. The maximum absolute atomic E-state index is 13.1. The third-order valence-electron chi connectivity index (χ3n) is 5.24. The maximum Gasteiger partial charge on any atom is 0.326 e. The van der Waals surface area contributed by atoms with Crippen LogP contribution >= 0.6 is 0 Å². The van der Waals surface area contributed by atoms with E-state index in [1.165, 1.54) is 0 Å². The summed E-state index contributed by atoms with van der Waals surface area (Å²) in [5.41, 5.74) is 11.6. The molecule has 13 heteroatoms. The van der Waals surface area contributed by atoms with Crippen molar-refractivity contribution in [1.29, 1.82) is 0 Å². The maximum atomic E-state index is 13.1. The van der Waals surface area contributed by atoms with Crippen LogP contribution in [0.3, 0.4) is 0 Å². The zero-order valence-corrected chi connectivity index (χ0v) is 20.1. The lowest BCUT2D eigenvalue weighted by atomic mass is 10.0. The second-order valence-electron chi connectivity index (χ2n) is 8.58. The van der Waals surface area contributed by atoms with Gasteiger partial charge in [0.15, 0.2) is 0 Å². The van der Waals surface area contributed by atoms with E-state index >= 15 is 0 Å². The third kappa shape index (κ3) is 10.5. The molecular formula is C23H33N5O8. The van der Waals surface area contributed by atoms with Crippen molar-refractivity contribution >= 4 is 35.6 Å². The molecule has 36 heavy (non-hydrogen) atoms. The van der Waals surface area contributed by atoms with E-state index in [0.29, 0.717) is 5.56 Å². The normalized spacial score (nSPS) is 14.1. The van der Waals surface area contributed by atoms with E-state index in [9.17, 15) is 33.9 Å². The Morgan fingerprint density at radius 2 is 1.36 bits per heavy atom. The highest BCUT2D eigenvalue weighted by atomic mass is 16.4. The Morgan fingerprint density at radius 1 is 0.833 bits per heavy atom. The molecule has 4 unspecified atom stereocenters. The minimum Gasteiger partial charge on any atom is -0.481 e. The summed E-state index contributed by atoms with van der Waals surface area (Å²) in [6.45, 7) is 3.41. The number of carbonyl (C=O) groups excluding carboxylic acids is 4. The van der Waals surface area contributed by atoms with Gasteiger partial charge in [0.05, 0.1) is 12.5 Å². The van der Waals surface area contributed by atoms with Gasteiger partial charge in [-0.25, -0.2) is 4.79 Å². The fourth-order valence-electron chi connectivity index (χ4n) is 3.10. The summed E-state index contributed by atoms with van der Waals surface area (Å²) in [5.74, 6) is -6.39. The first-order chi connectivity index (χ1) is 16.8. The minimum atomic E-state index is -1.74. The van der Waals surface area contributed by atoms with Gasteiger partial charge in [0.25, 0.3) is 0 Å². The number of nitrogens with two attached hydrogens (primary N) is 2. The molecule has 9 N–H and O–H groups in total. The first kappa shape index (κ1) is 30.0. The summed E-state index contributed by atoms with van der Waals surface area (Å²) in [6.07, 6.45) is -1.37. The van der Waals surface area contributed by atoms with Crippen LogP contribution < -0.4 is 27.4 Å². The third-order valence-corrected chi connectivity index (χ3v) is 5.24. The Kier molecular flexibility index (Phi) is 12.0. The molecule has 0 aliphatic carbocycles. The van der Waals surface area contributed by atoms with Crippen LogP contribution in [0, 0.1) is 5.92 Å². The van der Waals surface area contributed by atoms with Crippen LogP contribution in [-0.2, 0) is 35.2 Å². The molecule has 198 valence electrons. The molecule has 0 spiro atoms. The first-order valence-corrected chi connectivity index (χ1v) is 11.2. The molecular weight excluding hydrogens is 474 g/mol. The van der Waals surface area contributed by atoms with Crippen LogP contribution in [-0.4, -0.2) is 69.9 Å². The molecule has 13 nitrogen and oxygen atoms in total. The van der Waals surface area contributed by atoms with Gasteiger partial charge in [0.1, 0.15) is 18.1 Å². The summed E-state index contributed by atoms with van der Waals surface area (Å²) >= 11 is 0. The number of amides is 4. The van der Waals surface area contributed by atoms with E-state index in [0.717, 1.165) is 0 Å². The predicted molar refractivity (Wildman–Crippen MR) is 127 cm³/mol. The number of benzene rings is 1. The van der Waals surface area contributed by atoms with Gasteiger partial charge in [-0.05, 0) is 17.9 Å². The molecule has 0 aromatic heterocycles. The van der Waals surface area contributed by atoms with Crippen molar-refractivity contribution in [2.24, 2.45) is 17.4 Å². The van der Waals surface area contributed by atoms with E-state index < -0.39 is 66.2 Å². The summed E-state index contributed by atoms with van der Waals surface area (Å²) in [6, 6.07) is 3.19. The average Bonchev–Trinajstić information content (AvgIpc) is 2.80. The molecule has 4 atom stereocenters. The number of hydrogen-bond acceptors (Lipinski definition) is 7. The van der Waals surface area contributed by atoms with Gasteiger partial charge in [-0.15, -0.1) is 0 Å². The Balaban J connectivity index is 3.16. The second-order valence-corrected chi connectivity index (χ2v) is 8.58. The fraction of sp³-hybridized carbons (Fsp3) is 0.478. The summed E-state index contributed by atoms with van der Waals surface area (Å²) < 4.78 is 0. The predicted octanol–water partition coefficient (Wildman–Crippen LogP) is -1.51. The van der Waals surface area contributed by atoms with Crippen LogP contribution in [0.4, 0.5) is 0 Å². The van der Waals surface area contributed by atoms with Crippen molar-refractivity contribution in [2.45, 2.75) is 63.7 Å². The molecule has 0 aliphatic rings. The lowest BCUT2D eigenvalue weighted by Crippen LogP contribution is -2.58. The Bertz CT molecular complexity index is 953. The summed E-state index contributed by atoms with van der Waals surface area (Å²) in [5, 5.41) is 25.2. The van der Waals surface area contributed by atoms with Gasteiger partial charge in [0.2, 0.25) is 23.6 Å². The number of carbonyl (C=O) groups is 6. The van der Waals surface area contributed by atoms with Crippen molar-refractivity contribution in [3.05, 3.63) is 35.9 Å². The standard InChI is InChI=1S/C23H33N5O8/c1-12(2)19(25)22(34)26-14(8-9-17(24)29)20(32)27-15(10-13-6-4-3-5-7-13)21(33)28-16(23(35)36)11-18(30)31/h3-7,12,14-16,19H,8-11,25H2,1-2H3,(H2,24,29)(H,26,34)(H,27,32)(H,28,33)(H,30,31)(H,35,36). The van der Waals surface area contributed by atoms with Gasteiger partial charge in [-0.3, -0.25) is 24.0 Å². The fourth-order valence-corrected chi connectivity index (χ4v) is 3.10. The molecule has 0 heterocycles. The number of carboxylic acids is 2. The molecule has 0 saturated heterocycles. The lowest BCUT2D eigenvalue weighted by molar-refractivity contribution is -0.147. The van der Waals surface area contributed by atoms with Gasteiger partial charge in [-0.1, -0.05) is 44.2 Å². The topological polar surface area (TPSA) is 231 Å². The molecule has 0 fully saturated rings. The number of nitrogens with one attached hydrogen (secondary N) is 3. The minimum absolute atomic E-state index is 0.0696. The number of carboxylic acid groups (broad SMARTS) is 2. The number of rotatable bonds is 15. The van der Waals surface area contributed by atoms with Crippen molar-refractivity contribution in [3.63, 3.8) is 0 Å². The number of aliphatic carboxylic acids is 2. The highest BCUT2D eigenvalue weighted by Crippen LogP contribution is 2.07. The number of primary amides is 1. The number of hydrogen-bond donors (Lipinski definition) is 7. The molecule has 1 aromatic carbocycles. The van der Waals surface area contributed by atoms with Gasteiger partial charge in [-0.2, -0.15) is 0 Å². The first-order valence-electron chi connectivity index (χ1n) is 11.2. The smallest absolute Gasteiger partial charge is 0.326 e. The van der Waals surface area contributed by atoms with E-state index in [4.69, 9.17) is 16.6 Å². The molecule has 1 rings (SSSR count). The van der Waals surface area contributed by atoms with Crippen molar-refractivity contribution in [2.75, 3.05) is 0 Å². The van der Waals surface area contributed by atoms with Crippen molar-refractivity contribution in [3.8, 4) is 0 Å². The Morgan fingerprint density at radius 3 is 1.86 bits per heavy atom. The zero-order valence-electron chi connectivity index (χ0n) is 20.1.